The fourth-order valence-corrected chi connectivity index (χ4v) is 2.82. The van der Waals surface area contributed by atoms with Crippen molar-refractivity contribution in [3.8, 4) is 0 Å². The third-order valence-corrected chi connectivity index (χ3v) is 3.84. The highest BCUT2D eigenvalue weighted by atomic mass is 79.9. The largest absolute Gasteiger partial charge is 0.306 e. The zero-order chi connectivity index (χ0) is 9.26. The molecule has 2 heterocycles. The van der Waals surface area contributed by atoms with Crippen molar-refractivity contribution in [2.45, 2.75) is 6.04 Å². The molecule has 0 saturated carbocycles. The maximum absolute atomic E-state index is 4.41. The van der Waals surface area contributed by atoms with Crippen LogP contribution in [0.2, 0.25) is 0 Å². The number of hydrogen-bond donors (Lipinski definition) is 1. The Morgan fingerprint density at radius 1 is 1.77 bits per heavy atom. The van der Waals surface area contributed by atoms with Gasteiger partial charge in [-0.15, -0.1) is 11.3 Å². The van der Waals surface area contributed by atoms with Crippen LogP contribution in [0.15, 0.2) is 9.98 Å². The summed E-state index contributed by atoms with van der Waals surface area (Å²) >= 11 is 5.08. The van der Waals surface area contributed by atoms with E-state index in [4.69, 9.17) is 0 Å². The number of hydrogen-bond acceptors (Lipinski definition) is 4. The summed E-state index contributed by atoms with van der Waals surface area (Å²) in [5.74, 6) is 0. The number of aromatic nitrogens is 1. The van der Waals surface area contributed by atoms with Gasteiger partial charge in [0.1, 0.15) is 9.61 Å². The van der Waals surface area contributed by atoms with Crippen molar-refractivity contribution >= 4 is 27.3 Å². The molecule has 1 aromatic heterocycles. The van der Waals surface area contributed by atoms with E-state index < -0.39 is 0 Å². The first-order valence-electron chi connectivity index (χ1n) is 4.28. The summed E-state index contributed by atoms with van der Waals surface area (Å²) in [6.45, 7) is 3.24. The maximum atomic E-state index is 4.41. The molecular weight excluding hydrogens is 250 g/mol. The zero-order valence-electron chi connectivity index (χ0n) is 7.46. The van der Waals surface area contributed by atoms with Gasteiger partial charge in [0, 0.05) is 25.0 Å². The smallest absolute Gasteiger partial charge is 0.117 e. The third-order valence-electron chi connectivity index (χ3n) is 2.17. The minimum atomic E-state index is 0.412. The summed E-state index contributed by atoms with van der Waals surface area (Å²) < 4.78 is 0.947. The van der Waals surface area contributed by atoms with Crippen LogP contribution < -0.4 is 5.32 Å². The molecule has 72 valence electrons. The lowest BCUT2D eigenvalue weighted by Gasteiger charge is -2.29. The highest BCUT2D eigenvalue weighted by Crippen LogP contribution is 2.23. The molecule has 1 N–H and O–H groups in total. The lowest BCUT2D eigenvalue weighted by Crippen LogP contribution is -2.43. The molecule has 1 unspecified atom stereocenters. The molecule has 1 aliphatic heterocycles. The minimum absolute atomic E-state index is 0.412. The first-order chi connectivity index (χ1) is 6.25. The van der Waals surface area contributed by atoms with Gasteiger partial charge >= 0.3 is 0 Å². The van der Waals surface area contributed by atoms with Crippen LogP contribution in [0.25, 0.3) is 0 Å². The topological polar surface area (TPSA) is 28.2 Å². The number of likely N-dealkylation sites (N-methyl/N-ethyl adjacent to an activating group) is 1. The average molecular weight is 262 g/mol. The first-order valence-corrected chi connectivity index (χ1v) is 5.96. The highest BCUT2D eigenvalue weighted by Gasteiger charge is 2.20. The molecule has 1 saturated heterocycles. The van der Waals surface area contributed by atoms with Crippen LogP contribution >= 0.6 is 27.3 Å². The van der Waals surface area contributed by atoms with Gasteiger partial charge in [-0.2, -0.15) is 0 Å². The van der Waals surface area contributed by atoms with Crippen molar-refractivity contribution in [1.29, 1.82) is 0 Å². The molecule has 3 nitrogen and oxygen atoms in total. The van der Waals surface area contributed by atoms with Crippen molar-refractivity contribution in [2.24, 2.45) is 0 Å². The van der Waals surface area contributed by atoms with Crippen LogP contribution in [-0.4, -0.2) is 36.6 Å². The Kier molecular flexibility index (Phi) is 2.98. The second kappa shape index (κ2) is 4.04. The third kappa shape index (κ3) is 2.28. The molecule has 0 spiro atoms. The normalized spacial score (nSPS) is 24.9. The van der Waals surface area contributed by atoms with Crippen LogP contribution in [-0.2, 0) is 0 Å². The Morgan fingerprint density at radius 2 is 2.62 bits per heavy atom. The van der Waals surface area contributed by atoms with Gasteiger partial charge in [-0.3, -0.25) is 0 Å². The summed E-state index contributed by atoms with van der Waals surface area (Å²) in [7, 11) is 2.15. The van der Waals surface area contributed by atoms with Crippen molar-refractivity contribution in [1.82, 2.24) is 15.2 Å². The first kappa shape index (κ1) is 9.58. The van der Waals surface area contributed by atoms with Crippen LogP contribution in [0.1, 0.15) is 11.0 Å². The summed E-state index contributed by atoms with van der Waals surface area (Å²) in [6.07, 6.45) is 0. The van der Waals surface area contributed by atoms with Gasteiger partial charge in [0.05, 0.1) is 6.04 Å². The van der Waals surface area contributed by atoms with Gasteiger partial charge < -0.3 is 10.2 Å². The van der Waals surface area contributed by atoms with E-state index in [0.29, 0.717) is 6.04 Å². The fourth-order valence-electron chi connectivity index (χ4n) is 1.49. The molecule has 5 heteroatoms. The maximum Gasteiger partial charge on any atom is 0.117 e. The number of nitrogens with one attached hydrogen (secondary N) is 1. The molecule has 0 aliphatic carbocycles. The second-order valence-electron chi connectivity index (χ2n) is 3.28. The van der Waals surface area contributed by atoms with Crippen molar-refractivity contribution < 1.29 is 0 Å². The number of rotatable bonds is 1. The molecular formula is C8H12BrN3S. The van der Waals surface area contributed by atoms with Crippen molar-refractivity contribution in [3.63, 3.8) is 0 Å². The van der Waals surface area contributed by atoms with E-state index in [1.54, 1.807) is 11.3 Å². The van der Waals surface area contributed by atoms with E-state index in [9.17, 15) is 0 Å². The summed E-state index contributed by atoms with van der Waals surface area (Å²) in [6, 6.07) is 0.412. The van der Waals surface area contributed by atoms with Crippen LogP contribution in [0.3, 0.4) is 0 Å². The van der Waals surface area contributed by atoms with Gasteiger partial charge in [0.2, 0.25) is 0 Å². The highest BCUT2D eigenvalue weighted by molar-refractivity contribution is 9.10. The van der Waals surface area contributed by atoms with E-state index in [1.807, 2.05) is 5.38 Å². The van der Waals surface area contributed by atoms with Gasteiger partial charge in [0.15, 0.2) is 0 Å². The molecule has 0 bridgehead atoms. The van der Waals surface area contributed by atoms with Crippen LogP contribution in [0, 0.1) is 0 Å². The summed E-state index contributed by atoms with van der Waals surface area (Å²) in [4.78, 5) is 6.74. The summed E-state index contributed by atoms with van der Waals surface area (Å²) in [5.41, 5.74) is 0. The monoisotopic (exact) mass is 261 g/mol. The van der Waals surface area contributed by atoms with E-state index >= 15 is 0 Å². The molecule has 1 aromatic rings. The zero-order valence-corrected chi connectivity index (χ0v) is 9.86. The Labute approximate surface area is 90.3 Å². The lowest BCUT2D eigenvalue weighted by molar-refractivity contribution is 0.240. The molecule has 0 amide bonds. The van der Waals surface area contributed by atoms with Gasteiger partial charge in [-0.1, -0.05) is 0 Å². The predicted molar refractivity (Wildman–Crippen MR) is 58.1 cm³/mol. The number of halogens is 1. The number of thiazole rings is 1. The Balaban J connectivity index is 2.08. The lowest BCUT2D eigenvalue weighted by atomic mass is 10.2. The molecule has 0 radical (unpaired) electrons. The molecule has 0 aromatic carbocycles. The Morgan fingerprint density at radius 3 is 3.23 bits per heavy atom. The van der Waals surface area contributed by atoms with E-state index in [-0.39, 0.29) is 0 Å². The quantitative estimate of drug-likeness (QED) is 0.831. The fraction of sp³-hybridized carbons (Fsp3) is 0.625. The molecule has 2 rings (SSSR count). The van der Waals surface area contributed by atoms with E-state index in [2.05, 4.69) is 38.2 Å². The number of piperazine rings is 1. The second-order valence-corrected chi connectivity index (χ2v) is 4.98. The molecule has 1 atom stereocenters. The predicted octanol–water partition coefficient (Wildman–Crippen LogP) is 1.48. The Bertz CT molecular complexity index is 289. The van der Waals surface area contributed by atoms with Crippen molar-refractivity contribution in [3.05, 3.63) is 15.0 Å². The van der Waals surface area contributed by atoms with Gasteiger partial charge in [-0.25, -0.2) is 4.98 Å². The van der Waals surface area contributed by atoms with E-state index in [1.165, 1.54) is 5.01 Å². The van der Waals surface area contributed by atoms with Crippen LogP contribution in [0.5, 0.6) is 0 Å². The van der Waals surface area contributed by atoms with E-state index in [0.717, 1.165) is 24.2 Å². The van der Waals surface area contributed by atoms with Crippen molar-refractivity contribution in [2.75, 3.05) is 26.7 Å². The molecule has 13 heavy (non-hydrogen) atoms. The molecule has 1 fully saturated rings. The minimum Gasteiger partial charge on any atom is -0.306 e. The van der Waals surface area contributed by atoms with Gasteiger partial charge in [0.25, 0.3) is 0 Å². The SMILES string of the molecule is CN1CCNC(c2nc(Br)cs2)C1. The summed E-state index contributed by atoms with van der Waals surface area (Å²) in [5, 5.41) is 6.68. The Hall–Kier alpha value is 0.0300. The molecule has 1 aliphatic rings. The number of nitrogens with zero attached hydrogens (tertiary/aromatic N) is 2. The standard InChI is InChI=1S/C8H12BrN3S/c1-12-3-2-10-6(4-12)8-11-7(9)5-13-8/h5-6,10H,2-4H2,1H3. The van der Waals surface area contributed by atoms with Gasteiger partial charge in [-0.05, 0) is 23.0 Å². The van der Waals surface area contributed by atoms with Crippen LogP contribution in [0.4, 0.5) is 0 Å². The average Bonchev–Trinajstić information content (AvgIpc) is 2.52.